The first-order valence-electron chi connectivity index (χ1n) is 10.5. The molecule has 0 spiro atoms. The number of halogens is 2. The fourth-order valence-corrected chi connectivity index (χ4v) is 3.82. The Morgan fingerprint density at radius 2 is 1.76 bits per heavy atom. The molecule has 2 amide bonds. The van der Waals surface area contributed by atoms with Gasteiger partial charge in [0.15, 0.2) is 0 Å². The van der Waals surface area contributed by atoms with E-state index >= 15 is 0 Å². The van der Waals surface area contributed by atoms with Gasteiger partial charge >= 0.3 is 0 Å². The third-order valence-electron chi connectivity index (χ3n) is 5.12. The quantitative estimate of drug-likeness (QED) is 0.384. The van der Waals surface area contributed by atoms with Crippen molar-refractivity contribution in [3.05, 3.63) is 93.0 Å². The third-order valence-corrected chi connectivity index (χ3v) is 5.70. The molecule has 5 nitrogen and oxygen atoms in total. The summed E-state index contributed by atoms with van der Waals surface area (Å²) < 4.78 is 0. The zero-order chi connectivity index (χ0) is 24.0. The molecular formula is C26H23Cl2N3O2. The van der Waals surface area contributed by atoms with Crippen LogP contribution >= 0.6 is 23.2 Å². The number of nitrogens with one attached hydrogen (secondary N) is 2. The molecule has 2 N–H and O–H groups in total. The van der Waals surface area contributed by atoms with Crippen molar-refractivity contribution < 1.29 is 9.59 Å². The number of hydrogen-bond acceptors (Lipinski definition) is 3. The molecule has 0 aliphatic carbocycles. The minimum Gasteiger partial charge on any atom is -0.326 e. The lowest BCUT2D eigenvalue weighted by molar-refractivity contribution is -0.116. The average Bonchev–Trinajstić information content (AvgIpc) is 2.79. The molecule has 0 aromatic heterocycles. The molecule has 168 valence electrons. The molecule has 0 fully saturated rings. The van der Waals surface area contributed by atoms with Crippen molar-refractivity contribution in [3.63, 3.8) is 0 Å². The van der Waals surface area contributed by atoms with Crippen molar-refractivity contribution in [1.29, 1.82) is 5.26 Å². The lowest BCUT2D eigenvalue weighted by Gasteiger charge is -2.16. The van der Waals surface area contributed by atoms with Crippen molar-refractivity contribution in [2.45, 2.75) is 32.6 Å². The minimum atomic E-state index is -0.568. The number of rotatable bonds is 7. The number of carbonyl (C=O) groups is 2. The second kappa shape index (κ2) is 11.0. The Morgan fingerprint density at radius 3 is 2.42 bits per heavy atom. The topological polar surface area (TPSA) is 82.0 Å². The largest absolute Gasteiger partial charge is 0.326 e. The van der Waals surface area contributed by atoms with Gasteiger partial charge in [0.2, 0.25) is 5.91 Å². The average molecular weight is 480 g/mol. The Kier molecular flexibility index (Phi) is 8.11. The fraction of sp³-hybridized carbons (Fsp3) is 0.192. The van der Waals surface area contributed by atoms with Gasteiger partial charge in [-0.1, -0.05) is 54.4 Å². The molecule has 3 aromatic carbocycles. The van der Waals surface area contributed by atoms with Crippen molar-refractivity contribution >= 4 is 46.4 Å². The lowest BCUT2D eigenvalue weighted by Crippen LogP contribution is -2.15. The monoisotopic (exact) mass is 479 g/mol. The van der Waals surface area contributed by atoms with E-state index in [0.29, 0.717) is 39.0 Å². The van der Waals surface area contributed by atoms with Gasteiger partial charge in [0.05, 0.1) is 12.0 Å². The smallest absolute Gasteiger partial charge is 0.255 e. The summed E-state index contributed by atoms with van der Waals surface area (Å²) in [5.41, 5.74) is 3.71. The van der Waals surface area contributed by atoms with E-state index in [2.05, 4.69) is 16.7 Å². The first-order valence-corrected chi connectivity index (χ1v) is 11.2. The van der Waals surface area contributed by atoms with Gasteiger partial charge in [0, 0.05) is 33.4 Å². The molecule has 33 heavy (non-hydrogen) atoms. The Hall–Kier alpha value is -3.33. The van der Waals surface area contributed by atoms with Gasteiger partial charge in [0.25, 0.3) is 5.91 Å². The first-order chi connectivity index (χ1) is 15.8. The van der Waals surface area contributed by atoms with E-state index in [1.54, 1.807) is 54.6 Å². The van der Waals surface area contributed by atoms with Crippen LogP contribution in [0.3, 0.4) is 0 Å². The Morgan fingerprint density at radius 1 is 1.03 bits per heavy atom. The summed E-state index contributed by atoms with van der Waals surface area (Å²) in [7, 11) is 0. The predicted octanol–water partition coefficient (Wildman–Crippen LogP) is 6.95. The summed E-state index contributed by atoms with van der Waals surface area (Å²) in [6.45, 7) is 3.77. The highest BCUT2D eigenvalue weighted by molar-refractivity contribution is 6.32. The standard InChI is InChI=1S/C26H23Cl2N3O2/c1-3-5-25(32)30-20-7-4-6-18(13-20)26(33)31-24-14-23(28)21(12-16(24)2)22(15-29)17-8-10-19(27)11-9-17/h4,6-14,22H,3,5H2,1-2H3,(H,30,32)(H,31,33). The molecule has 0 saturated heterocycles. The molecule has 0 bridgehead atoms. The van der Waals surface area contributed by atoms with Gasteiger partial charge in [-0.2, -0.15) is 5.26 Å². The molecule has 1 atom stereocenters. The van der Waals surface area contributed by atoms with Crippen molar-refractivity contribution in [2.75, 3.05) is 10.6 Å². The number of nitrogens with zero attached hydrogens (tertiary/aromatic N) is 1. The van der Waals surface area contributed by atoms with Gasteiger partial charge in [-0.25, -0.2) is 0 Å². The zero-order valence-electron chi connectivity index (χ0n) is 18.3. The minimum absolute atomic E-state index is 0.0963. The number of amides is 2. The van der Waals surface area contributed by atoms with Crippen molar-refractivity contribution in [2.24, 2.45) is 0 Å². The van der Waals surface area contributed by atoms with E-state index in [0.717, 1.165) is 17.5 Å². The van der Waals surface area contributed by atoms with Crippen LogP contribution in [0.4, 0.5) is 11.4 Å². The van der Waals surface area contributed by atoms with E-state index in [1.165, 1.54) is 0 Å². The normalized spacial score (nSPS) is 11.4. The SMILES string of the molecule is CCCC(=O)Nc1cccc(C(=O)Nc2cc(Cl)c(C(C#N)c3ccc(Cl)cc3)cc2C)c1. The summed E-state index contributed by atoms with van der Waals surface area (Å²) in [6, 6.07) is 19.5. The molecule has 0 saturated carbocycles. The van der Waals surface area contributed by atoms with E-state index in [4.69, 9.17) is 23.2 Å². The van der Waals surface area contributed by atoms with Crippen LogP contribution in [-0.4, -0.2) is 11.8 Å². The second-order valence-electron chi connectivity index (χ2n) is 7.64. The van der Waals surface area contributed by atoms with Crippen LogP contribution in [0.15, 0.2) is 60.7 Å². The molecule has 1 unspecified atom stereocenters. The first kappa shape index (κ1) is 24.3. The summed E-state index contributed by atoms with van der Waals surface area (Å²) in [5, 5.41) is 16.4. The maximum atomic E-state index is 12.8. The second-order valence-corrected chi connectivity index (χ2v) is 8.48. The highest BCUT2D eigenvalue weighted by atomic mass is 35.5. The van der Waals surface area contributed by atoms with E-state index < -0.39 is 5.92 Å². The Bertz CT molecular complexity index is 1220. The van der Waals surface area contributed by atoms with Crippen LogP contribution in [0.2, 0.25) is 10.0 Å². The summed E-state index contributed by atoms with van der Waals surface area (Å²) in [5.74, 6) is -0.995. The van der Waals surface area contributed by atoms with Gasteiger partial charge < -0.3 is 10.6 Å². The number of carbonyl (C=O) groups excluding carboxylic acids is 2. The van der Waals surface area contributed by atoms with Crippen LogP contribution in [0.1, 0.15) is 52.7 Å². The van der Waals surface area contributed by atoms with E-state index in [9.17, 15) is 14.9 Å². The molecule has 3 aromatic rings. The third kappa shape index (κ3) is 6.13. The van der Waals surface area contributed by atoms with E-state index in [-0.39, 0.29) is 11.8 Å². The Labute approximate surface area is 203 Å². The molecule has 3 rings (SSSR count). The number of hydrogen-bond donors (Lipinski definition) is 2. The molecule has 0 radical (unpaired) electrons. The van der Waals surface area contributed by atoms with Crippen molar-refractivity contribution in [1.82, 2.24) is 0 Å². The fourth-order valence-electron chi connectivity index (χ4n) is 3.42. The van der Waals surface area contributed by atoms with Gasteiger partial charge in [0.1, 0.15) is 0 Å². The number of nitriles is 1. The summed E-state index contributed by atoms with van der Waals surface area (Å²) >= 11 is 12.5. The zero-order valence-corrected chi connectivity index (χ0v) is 19.8. The molecule has 0 heterocycles. The maximum Gasteiger partial charge on any atom is 0.255 e. The van der Waals surface area contributed by atoms with Crippen LogP contribution < -0.4 is 10.6 Å². The molecule has 0 aliphatic heterocycles. The highest BCUT2D eigenvalue weighted by Gasteiger charge is 2.19. The number of benzene rings is 3. The van der Waals surface area contributed by atoms with Crippen LogP contribution in [0.5, 0.6) is 0 Å². The number of anilines is 2. The lowest BCUT2D eigenvalue weighted by atomic mass is 9.91. The van der Waals surface area contributed by atoms with E-state index in [1.807, 2.05) is 19.9 Å². The van der Waals surface area contributed by atoms with Gasteiger partial charge in [-0.15, -0.1) is 0 Å². The highest BCUT2D eigenvalue weighted by Crippen LogP contribution is 2.34. The van der Waals surface area contributed by atoms with Crippen LogP contribution in [0.25, 0.3) is 0 Å². The van der Waals surface area contributed by atoms with Crippen LogP contribution in [0, 0.1) is 18.3 Å². The van der Waals surface area contributed by atoms with Crippen LogP contribution in [-0.2, 0) is 4.79 Å². The van der Waals surface area contributed by atoms with Crippen molar-refractivity contribution in [3.8, 4) is 6.07 Å². The Balaban J connectivity index is 1.82. The summed E-state index contributed by atoms with van der Waals surface area (Å²) in [4.78, 5) is 24.7. The molecule has 7 heteroatoms. The summed E-state index contributed by atoms with van der Waals surface area (Å²) in [6.07, 6.45) is 1.16. The molecule has 0 aliphatic rings. The maximum absolute atomic E-state index is 12.8. The predicted molar refractivity (Wildman–Crippen MR) is 133 cm³/mol. The molecular weight excluding hydrogens is 457 g/mol. The van der Waals surface area contributed by atoms with Gasteiger partial charge in [-0.3, -0.25) is 9.59 Å². The van der Waals surface area contributed by atoms with Gasteiger partial charge in [-0.05, 0) is 66.4 Å². The number of aryl methyl sites for hydroxylation is 1.